The molecular formula is C14H20N2OS. The smallest absolute Gasteiger partial charge is 0.0729 e. The van der Waals surface area contributed by atoms with Crippen LogP contribution >= 0.6 is 11.8 Å². The fourth-order valence-electron chi connectivity index (χ4n) is 2.12. The fourth-order valence-corrected chi connectivity index (χ4v) is 2.75. The number of fused-ring (bicyclic) bond motifs is 1. The van der Waals surface area contributed by atoms with Crippen molar-refractivity contribution in [2.75, 3.05) is 11.5 Å². The van der Waals surface area contributed by atoms with E-state index in [0.29, 0.717) is 6.42 Å². The van der Waals surface area contributed by atoms with Crippen molar-refractivity contribution >= 4 is 22.7 Å². The van der Waals surface area contributed by atoms with Gasteiger partial charge in [-0.15, -0.1) is 0 Å². The van der Waals surface area contributed by atoms with Crippen molar-refractivity contribution < 1.29 is 5.11 Å². The van der Waals surface area contributed by atoms with Gasteiger partial charge in [0.1, 0.15) is 0 Å². The Morgan fingerprint density at radius 1 is 1.33 bits per heavy atom. The van der Waals surface area contributed by atoms with E-state index in [1.807, 2.05) is 16.8 Å². The van der Waals surface area contributed by atoms with Crippen molar-refractivity contribution in [1.82, 2.24) is 9.78 Å². The molecule has 0 aliphatic heterocycles. The average Bonchev–Trinajstić information content (AvgIpc) is 2.75. The van der Waals surface area contributed by atoms with Gasteiger partial charge in [0, 0.05) is 24.1 Å². The lowest BCUT2D eigenvalue weighted by molar-refractivity contribution is 0.199. The molecule has 0 aliphatic rings. The van der Waals surface area contributed by atoms with Crippen molar-refractivity contribution in [3.63, 3.8) is 0 Å². The molecule has 2 aromatic rings. The molecule has 2 rings (SSSR count). The summed E-state index contributed by atoms with van der Waals surface area (Å²) < 4.78 is 2.00. The SMILES string of the molecule is CCSCC(O)Cc1nn(CC)c2ccccc12. The number of aliphatic hydroxyl groups excluding tert-OH is 1. The maximum absolute atomic E-state index is 10.0. The third kappa shape index (κ3) is 2.87. The first-order chi connectivity index (χ1) is 8.76. The Hall–Kier alpha value is -1.00. The molecule has 0 fully saturated rings. The minimum atomic E-state index is -0.307. The van der Waals surface area contributed by atoms with Crippen LogP contribution in [0.15, 0.2) is 24.3 Å². The van der Waals surface area contributed by atoms with Crippen LogP contribution in [0.1, 0.15) is 19.5 Å². The number of thioether (sulfide) groups is 1. The molecule has 0 bridgehead atoms. The van der Waals surface area contributed by atoms with Crippen molar-refractivity contribution in [1.29, 1.82) is 0 Å². The summed E-state index contributed by atoms with van der Waals surface area (Å²) in [5, 5.41) is 15.8. The van der Waals surface area contributed by atoms with E-state index in [4.69, 9.17) is 0 Å². The number of aromatic nitrogens is 2. The largest absolute Gasteiger partial charge is 0.392 e. The first kappa shape index (κ1) is 13.4. The highest BCUT2D eigenvalue weighted by Crippen LogP contribution is 2.20. The van der Waals surface area contributed by atoms with Crippen molar-refractivity contribution in [2.24, 2.45) is 0 Å². The summed E-state index contributed by atoms with van der Waals surface area (Å²) in [6.07, 6.45) is 0.333. The Labute approximate surface area is 112 Å². The molecule has 1 unspecified atom stereocenters. The molecule has 1 atom stereocenters. The first-order valence-corrected chi connectivity index (χ1v) is 7.62. The maximum atomic E-state index is 10.0. The molecule has 1 N–H and O–H groups in total. The first-order valence-electron chi connectivity index (χ1n) is 6.46. The van der Waals surface area contributed by atoms with E-state index in [9.17, 15) is 5.11 Å². The lowest BCUT2D eigenvalue weighted by Gasteiger charge is -2.07. The lowest BCUT2D eigenvalue weighted by atomic mass is 10.1. The van der Waals surface area contributed by atoms with E-state index in [2.05, 4.69) is 31.1 Å². The lowest BCUT2D eigenvalue weighted by Crippen LogP contribution is -2.14. The molecule has 1 aromatic heterocycles. The monoisotopic (exact) mass is 264 g/mol. The minimum absolute atomic E-state index is 0.307. The van der Waals surface area contributed by atoms with Crippen LogP contribution in [0, 0.1) is 0 Å². The van der Waals surface area contributed by atoms with Crippen molar-refractivity contribution in [2.45, 2.75) is 32.9 Å². The highest BCUT2D eigenvalue weighted by molar-refractivity contribution is 7.99. The Bertz CT molecular complexity index is 509. The third-order valence-corrected chi connectivity index (χ3v) is 4.01. The summed E-state index contributed by atoms with van der Waals surface area (Å²) >= 11 is 1.77. The number of hydrogen-bond acceptors (Lipinski definition) is 3. The molecule has 0 radical (unpaired) electrons. The summed E-state index contributed by atoms with van der Waals surface area (Å²) in [5.41, 5.74) is 2.17. The molecule has 1 heterocycles. The Morgan fingerprint density at radius 2 is 2.11 bits per heavy atom. The summed E-state index contributed by atoms with van der Waals surface area (Å²) in [6, 6.07) is 8.23. The highest BCUT2D eigenvalue weighted by Gasteiger charge is 2.13. The maximum Gasteiger partial charge on any atom is 0.0729 e. The number of aliphatic hydroxyl groups is 1. The van der Waals surface area contributed by atoms with E-state index >= 15 is 0 Å². The van der Waals surface area contributed by atoms with E-state index in [1.54, 1.807) is 11.8 Å². The van der Waals surface area contributed by atoms with Gasteiger partial charge in [-0.2, -0.15) is 16.9 Å². The van der Waals surface area contributed by atoms with Crippen molar-refractivity contribution in [3.8, 4) is 0 Å². The number of benzene rings is 1. The quantitative estimate of drug-likeness (QED) is 0.872. The van der Waals surface area contributed by atoms with Crippen LogP contribution in [-0.2, 0) is 13.0 Å². The normalized spacial score (nSPS) is 13.1. The number of nitrogens with zero attached hydrogens (tertiary/aromatic N) is 2. The Kier molecular flexibility index (Phi) is 4.66. The van der Waals surface area contributed by atoms with Gasteiger partial charge in [-0.25, -0.2) is 0 Å². The number of para-hydroxylation sites is 1. The summed E-state index contributed by atoms with van der Waals surface area (Å²) in [6.45, 7) is 5.06. The summed E-state index contributed by atoms with van der Waals surface area (Å²) in [5.74, 6) is 1.82. The molecule has 0 spiro atoms. The third-order valence-electron chi connectivity index (χ3n) is 2.98. The molecule has 98 valence electrons. The van der Waals surface area contributed by atoms with Crippen LogP contribution in [-0.4, -0.2) is 32.5 Å². The van der Waals surface area contributed by atoms with Crippen LogP contribution in [0.5, 0.6) is 0 Å². The molecule has 4 heteroatoms. The standard InChI is InChI=1S/C14H20N2OS/c1-3-16-14-8-6-5-7-12(14)13(15-16)9-11(17)10-18-4-2/h5-8,11,17H,3-4,9-10H2,1-2H3. The summed E-state index contributed by atoms with van der Waals surface area (Å²) in [7, 11) is 0. The van der Waals surface area contributed by atoms with E-state index in [0.717, 1.165) is 29.3 Å². The Morgan fingerprint density at radius 3 is 2.83 bits per heavy atom. The van der Waals surface area contributed by atoms with Gasteiger partial charge in [-0.3, -0.25) is 4.68 Å². The minimum Gasteiger partial charge on any atom is -0.392 e. The van der Waals surface area contributed by atoms with Gasteiger partial charge in [0.2, 0.25) is 0 Å². The summed E-state index contributed by atoms with van der Waals surface area (Å²) in [4.78, 5) is 0. The van der Waals surface area contributed by atoms with Gasteiger partial charge in [-0.05, 0) is 18.7 Å². The predicted octanol–water partition coefficient (Wildman–Crippen LogP) is 2.71. The van der Waals surface area contributed by atoms with Gasteiger partial charge in [0.05, 0.1) is 17.3 Å². The molecule has 0 saturated carbocycles. The average molecular weight is 264 g/mol. The highest BCUT2D eigenvalue weighted by atomic mass is 32.2. The second-order valence-corrected chi connectivity index (χ2v) is 5.62. The van der Waals surface area contributed by atoms with E-state index in [-0.39, 0.29) is 6.10 Å². The van der Waals surface area contributed by atoms with Crippen LogP contribution < -0.4 is 0 Å². The second kappa shape index (κ2) is 6.25. The van der Waals surface area contributed by atoms with Gasteiger partial charge < -0.3 is 5.11 Å². The van der Waals surface area contributed by atoms with Crippen LogP contribution in [0.4, 0.5) is 0 Å². The Balaban J connectivity index is 2.22. The van der Waals surface area contributed by atoms with Crippen LogP contribution in [0.25, 0.3) is 10.9 Å². The zero-order chi connectivity index (χ0) is 13.0. The number of rotatable bonds is 6. The molecule has 0 amide bonds. The molecule has 3 nitrogen and oxygen atoms in total. The van der Waals surface area contributed by atoms with Gasteiger partial charge in [0.15, 0.2) is 0 Å². The van der Waals surface area contributed by atoms with Crippen molar-refractivity contribution in [3.05, 3.63) is 30.0 Å². The topological polar surface area (TPSA) is 38.1 Å². The predicted molar refractivity (Wildman–Crippen MR) is 78.1 cm³/mol. The zero-order valence-electron chi connectivity index (χ0n) is 11.0. The number of aryl methyl sites for hydroxylation is 1. The van der Waals surface area contributed by atoms with Gasteiger partial charge in [-0.1, -0.05) is 25.1 Å². The molecule has 18 heavy (non-hydrogen) atoms. The molecule has 1 aromatic carbocycles. The molecule has 0 aliphatic carbocycles. The molecule has 0 saturated heterocycles. The van der Waals surface area contributed by atoms with Gasteiger partial charge >= 0.3 is 0 Å². The fraction of sp³-hybridized carbons (Fsp3) is 0.500. The van der Waals surface area contributed by atoms with E-state index < -0.39 is 0 Å². The zero-order valence-corrected chi connectivity index (χ0v) is 11.8. The van der Waals surface area contributed by atoms with Gasteiger partial charge in [0.25, 0.3) is 0 Å². The second-order valence-electron chi connectivity index (χ2n) is 4.30. The van der Waals surface area contributed by atoms with Crippen LogP contribution in [0.2, 0.25) is 0 Å². The van der Waals surface area contributed by atoms with E-state index in [1.165, 1.54) is 5.39 Å². The number of hydrogen-bond donors (Lipinski definition) is 1. The molecular weight excluding hydrogens is 244 g/mol. The van der Waals surface area contributed by atoms with Crippen LogP contribution in [0.3, 0.4) is 0 Å².